The highest BCUT2D eigenvalue weighted by Crippen LogP contribution is 1.96. The Kier molecular flexibility index (Phi) is 12.5. The molecule has 3 N–H and O–H groups in total. The van der Waals surface area contributed by atoms with Crippen molar-refractivity contribution in [1.29, 1.82) is 0 Å². The first kappa shape index (κ1) is 20.6. The van der Waals surface area contributed by atoms with Crippen molar-refractivity contribution in [3.63, 3.8) is 0 Å². The van der Waals surface area contributed by atoms with Gasteiger partial charge in [0, 0.05) is 38.9 Å². The molecule has 0 aliphatic heterocycles. The van der Waals surface area contributed by atoms with Crippen LogP contribution in [0.5, 0.6) is 0 Å². The maximum absolute atomic E-state index is 11.8. The molecule has 1 aromatic rings. The van der Waals surface area contributed by atoms with Crippen LogP contribution in [0.15, 0.2) is 35.3 Å². The van der Waals surface area contributed by atoms with E-state index in [4.69, 9.17) is 4.74 Å². The van der Waals surface area contributed by atoms with E-state index in [1.165, 1.54) is 0 Å². The molecule has 7 heteroatoms. The summed E-state index contributed by atoms with van der Waals surface area (Å²) >= 11 is 0. The van der Waals surface area contributed by atoms with E-state index in [0.717, 1.165) is 0 Å². The Hall–Kier alpha value is -1.35. The first-order valence-electron chi connectivity index (χ1n) is 7.13. The second-order valence-corrected chi connectivity index (χ2v) is 4.24. The van der Waals surface area contributed by atoms with E-state index >= 15 is 0 Å². The van der Waals surface area contributed by atoms with Crippen molar-refractivity contribution in [3.05, 3.63) is 35.9 Å². The number of hydrogen-bond donors (Lipinski definition) is 3. The maximum Gasteiger partial charge on any atom is 0.251 e. The van der Waals surface area contributed by atoms with Gasteiger partial charge in [-0.15, -0.1) is 24.0 Å². The number of guanidine groups is 1. The van der Waals surface area contributed by atoms with E-state index in [2.05, 4.69) is 20.9 Å². The monoisotopic (exact) mass is 420 g/mol. The number of hydrogen-bond acceptors (Lipinski definition) is 3. The van der Waals surface area contributed by atoms with Gasteiger partial charge in [-0.2, -0.15) is 0 Å². The molecule has 1 amide bonds. The lowest BCUT2D eigenvalue weighted by Crippen LogP contribution is -2.42. The van der Waals surface area contributed by atoms with Crippen LogP contribution < -0.4 is 16.0 Å². The molecule has 1 aromatic carbocycles. The van der Waals surface area contributed by atoms with Gasteiger partial charge in [-0.25, -0.2) is 0 Å². The lowest BCUT2D eigenvalue weighted by atomic mass is 10.2. The van der Waals surface area contributed by atoms with Gasteiger partial charge in [0.2, 0.25) is 0 Å². The largest absolute Gasteiger partial charge is 0.380 e. The summed E-state index contributed by atoms with van der Waals surface area (Å²) in [5.41, 5.74) is 0.664. The first-order valence-corrected chi connectivity index (χ1v) is 7.13. The number of ether oxygens (including phenoxy) is 1. The summed E-state index contributed by atoms with van der Waals surface area (Å²) in [6, 6.07) is 9.15. The van der Waals surface area contributed by atoms with Crippen molar-refractivity contribution in [2.75, 3.05) is 39.9 Å². The Bertz CT molecular complexity index is 440. The molecule has 0 atom stereocenters. The number of nitrogens with one attached hydrogen (secondary N) is 3. The molecule has 0 radical (unpaired) electrons. The molecule has 0 aliphatic rings. The average Bonchev–Trinajstić information content (AvgIpc) is 2.54. The van der Waals surface area contributed by atoms with Gasteiger partial charge >= 0.3 is 0 Å². The second kappa shape index (κ2) is 13.3. The van der Waals surface area contributed by atoms with Crippen molar-refractivity contribution < 1.29 is 9.53 Å². The van der Waals surface area contributed by atoms with E-state index < -0.39 is 0 Å². The molecular weight excluding hydrogens is 395 g/mol. The van der Waals surface area contributed by atoms with Gasteiger partial charge in [-0.3, -0.25) is 9.79 Å². The van der Waals surface area contributed by atoms with E-state index in [9.17, 15) is 4.79 Å². The maximum atomic E-state index is 11.8. The Morgan fingerprint density at radius 1 is 1.09 bits per heavy atom. The lowest BCUT2D eigenvalue weighted by molar-refractivity contribution is 0.0954. The van der Waals surface area contributed by atoms with Crippen molar-refractivity contribution in [3.8, 4) is 0 Å². The molecule has 0 spiro atoms. The first-order chi connectivity index (χ1) is 10.3. The lowest BCUT2D eigenvalue weighted by Gasteiger charge is -2.12. The normalized spacial score (nSPS) is 10.5. The van der Waals surface area contributed by atoms with Gasteiger partial charge in [0.05, 0.1) is 6.61 Å². The van der Waals surface area contributed by atoms with Crippen LogP contribution in [-0.2, 0) is 4.74 Å². The van der Waals surface area contributed by atoms with Gasteiger partial charge in [0.15, 0.2) is 5.96 Å². The van der Waals surface area contributed by atoms with Crippen LogP contribution in [0, 0.1) is 0 Å². The Labute approximate surface area is 149 Å². The predicted octanol–water partition coefficient (Wildman–Crippen LogP) is 1.24. The van der Waals surface area contributed by atoms with Gasteiger partial charge < -0.3 is 20.7 Å². The summed E-state index contributed by atoms with van der Waals surface area (Å²) in [6.45, 7) is 5.14. The van der Waals surface area contributed by atoms with Crippen LogP contribution in [0.1, 0.15) is 17.3 Å². The third-order valence-corrected chi connectivity index (χ3v) is 2.71. The Morgan fingerprint density at radius 2 is 1.73 bits per heavy atom. The summed E-state index contributed by atoms with van der Waals surface area (Å²) in [4.78, 5) is 15.9. The average molecular weight is 420 g/mol. The zero-order valence-corrected chi connectivity index (χ0v) is 15.4. The van der Waals surface area contributed by atoms with Crippen LogP contribution >= 0.6 is 24.0 Å². The van der Waals surface area contributed by atoms with Gasteiger partial charge in [0.25, 0.3) is 5.91 Å². The third-order valence-electron chi connectivity index (χ3n) is 2.71. The molecular formula is C15H25IN4O2. The number of rotatable bonds is 8. The van der Waals surface area contributed by atoms with E-state index in [1.54, 1.807) is 19.2 Å². The molecule has 0 fully saturated rings. The van der Waals surface area contributed by atoms with E-state index in [-0.39, 0.29) is 29.9 Å². The van der Waals surface area contributed by atoms with Crippen LogP contribution in [0.25, 0.3) is 0 Å². The third kappa shape index (κ3) is 8.83. The zero-order valence-electron chi connectivity index (χ0n) is 13.1. The number of carbonyl (C=O) groups excluding carboxylic acids is 1. The second-order valence-electron chi connectivity index (χ2n) is 4.24. The molecule has 0 heterocycles. The summed E-state index contributed by atoms with van der Waals surface area (Å²) in [5, 5.41) is 9.09. The molecule has 0 aromatic heterocycles. The minimum Gasteiger partial charge on any atom is -0.380 e. The van der Waals surface area contributed by atoms with Crippen molar-refractivity contribution in [1.82, 2.24) is 16.0 Å². The van der Waals surface area contributed by atoms with Crippen LogP contribution in [0.2, 0.25) is 0 Å². The van der Waals surface area contributed by atoms with Crippen molar-refractivity contribution in [2.45, 2.75) is 6.92 Å². The number of halogens is 1. The Morgan fingerprint density at radius 3 is 2.36 bits per heavy atom. The fourth-order valence-electron chi connectivity index (χ4n) is 1.66. The minimum absolute atomic E-state index is 0. The van der Waals surface area contributed by atoms with Gasteiger partial charge in [-0.1, -0.05) is 18.2 Å². The fraction of sp³-hybridized carbons (Fsp3) is 0.467. The molecule has 6 nitrogen and oxygen atoms in total. The minimum atomic E-state index is -0.0725. The SMILES string of the molecule is CCOCCNC(=NC)NCCNC(=O)c1ccccc1.I. The highest BCUT2D eigenvalue weighted by atomic mass is 127. The summed E-state index contributed by atoms with van der Waals surface area (Å²) in [6.07, 6.45) is 0. The van der Waals surface area contributed by atoms with Crippen LogP contribution in [0.3, 0.4) is 0 Å². The highest BCUT2D eigenvalue weighted by molar-refractivity contribution is 14.0. The molecule has 0 unspecified atom stereocenters. The summed E-state index contributed by atoms with van der Waals surface area (Å²) in [5.74, 6) is 0.625. The van der Waals surface area contributed by atoms with E-state index in [1.807, 2.05) is 25.1 Å². The van der Waals surface area contributed by atoms with Crippen molar-refractivity contribution in [2.24, 2.45) is 4.99 Å². The topological polar surface area (TPSA) is 74.8 Å². The van der Waals surface area contributed by atoms with E-state index in [0.29, 0.717) is 44.4 Å². The zero-order chi connectivity index (χ0) is 15.3. The van der Waals surface area contributed by atoms with Gasteiger partial charge in [-0.05, 0) is 19.1 Å². The standard InChI is InChI=1S/C15H24N4O2.HI/c1-3-21-12-11-19-15(16-2)18-10-9-17-14(20)13-7-5-4-6-8-13;/h4-8H,3,9-12H2,1-2H3,(H,17,20)(H2,16,18,19);1H. The Balaban J connectivity index is 0.00000441. The molecule has 1 rings (SSSR count). The smallest absolute Gasteiger partial charge is 0.251 e. The predicted molar refractivity (Wildman–Crippen MR) is 100 cm³/mol. The van der Waals surface area contributed by atoms with Crippen LogP contribution in [-0.4, -0.2) is 51.8 Å². The number of aliphatic imine (C=N–C) groups is 1. The molecule has 22 heavy (non-hydrogen) atoms. The molecule has 0 saturated heterocycles. The number of amides is 1. The molecule has 0 saturated carbocycles. The molecule has 0 bridgehead atoms. The number of nitrogens with zero attached hydrogens (tertiary/aromatic N) is 1. The van der Waals surface area contributed by atoms with Crippen LogP contribution in [0.4, 0.5) is 0 Å². The highest BCUT2D eigenvalue weighted by Gasteiger charge is 2.03. The quantitative estimate of drug-likeness (QED) is 0.256. The summed E-state index contributed by atoms with van der Waals surface area (Å²) in [7, 11) is 1.71. The summed E-state index contributed by atoms with van der Waals surface area (Å²) < 4.78 is 5.23. The van der Waals surface area contributed by atoms with Gasteiger partial charge in [0.1, 0.15) is 0 Å². The number of benzene rings is 1. The molecule has 0 aliphatic carbocycles. The number of carbonyl (C=O) groups is 1. The van der Waals surface area contributed by atoms with Crippen molar-refractivity contribution >= 4 is 35.8 Å². The fourth-order valence-corrected chi connectivity index (χ4v) is 1.66. The molecule has 124 valence electrons.